The van der Waals surface area contributed by atoms with E-state index in [1.807, 2.05) is 18.2 Å². The van der Waals surface area contributed by atoms with E-state index in [1.54, 1.807) is 7.11 Å². The predicted octanol–water partition coefficient (Wildman–Crippen LogP) is 3.96. The Morgan fingerprint density at radius 3 is 2.62 bits per heavy atom. The van der Waals surface area contributed by atoms with E-state index in [0.717, 1.165) is 44.5 Å². The Hall–Kier alpha value is -2.08. The zero-order chi connectivity index (χ0) is 20.5. The molecular formula is C23H35N3O3. The van der Waals surface area contributed by atoms with Gasteiger partial charge in [-0.2, -0.15) is 0 Å². The molecule has 1 aromatic carbocycles. The van der Waals surface area contributed by atoms with Crippen molar-refractivity contribution in [2.75, 3.05) is 43.6 Å². The van der Waals surface area contributed by atoms with Crippen molar-refractivity contribution in [3.05, 3.63) is 23.8 Å². The quantitative estimate of drug-likeness (QED) is 0.582. The van der Waals surface area contributed by atoms with Gasteiger partial charge in [0, 0.05) is 51.1 Å². The average Bonchev–Trinajstić information content (AvgIpc) is 3.43. The van der Waals surface area contributed by atoms with Crippen LogP contribution in [0.2, 0.25) is 0 Å². The highest BCUT2D eigenvalue weighted by Gasteiger charge is 2.21. The first-order valence-electron chi connectivity index (χ1n) is 11.1. The molecule has 6 heteroatoms. The number of rotatable bonds is 10. The van der Waals surface area contributed by atoms with Crippen molar-refractivity contribution in [2.45, 2.75) is 57.8 Å². The van der Waals surface area contributed by atoms with Crippen LogP contribution in [0.25, 0.3) is 0 Å². The Kier molecular flexibility index (Phi) is 8.35. The number of benzene rings is 1. The lowest BCUT2D eigenvalue weighted by Crippen LogP contribution is -2.29. The molecule has 1 aromatic rings. The number of hydrogen-bond acceptors (Lipinski definition) is 4. The molecule has 1 aliphatic heterocycles. The summed E-state index contributed by atoms with van der Waals surface area (Å²) in [5, 5.41) is 5.98. The molecule has 0 atom stereocenters. The molecule has 0 bridgehead atoms. The number of hydrogen-bond donors (Lipinski definition) is 2. The van der Waals surface area contributed by atoms with Crippen LogP contribution in [0.15, 0.2) is 18.2 Å². The summed E-state index contributed by atoms with van der Waals surface area (Å²) in [7, 11) is 1.66. The highest BCUT2D eigenvalue weighted by molar-refractivity contribution is 6.02. The number of ether oxygens (including phenoxy) is 1. The smallest absolute Gasteiger partial charge is 0.253 e. The fourth-order valence-electron chi connectivity index (χ4n) is 4.40. The molecule has 6 nitrogen and oxygen atoms in total. The van der Waals surface area contributed by atoms with Crippen LogP contribution in [-0.2, 0) is 9.53 Å². The van der Waals surface area contributed by atoms with Crippen molar-refractivity contribution >= 4 is 23.2 Å². The second kappa shape index (κ2) is 11.2. The molecule has 3 rings (SSSR count). The Bertz CT molecular complexity index is 680. The molecule has 2 aliphatic rings. The van der Waals surface area contributed by atoms with Gasteiger partial charge in [-0.3, -0.25) is 9.59 Å². The van der Waals surface area contributed by atoms with Gasteiger partial charge in [-0.05, 0) is 49.8 Å². The standard InChI is InChI=1S/C23H35N3O3/c1-29-16-6-13-24-23(28)20-17-19(10-11-21(20)26-14-4-5-15-26)25-22(27)12-9-18-7-2-3-8-18/h10-11,17-18H,2-9,12-16H2,1H3,(H,24,28)(H,25,27). The van der Waals surface area contributed by atoms with E-state index in [4.69, 9.17) is 4.74 Å². The number of amides is 2. The number of anilines is 2. The topological polar surface area (TPSA) is 70.7 Å². The molecule has 29 heavy (non-hydrogen) atoms. The third-order valence-electron chi connectivity index (χ3n) is 6.04. The zero-order valence-corrected chi connectivity index (χ0v) is 17.7. The molecular weight excluding hydrogens is 366 g/mol. The van der Waals surface area contributed by atoms with Gasteiger partial charge in [0.05, 0.1) is 5.56 Å². The van der Waals surface area contributed by atoms with Crippen LogP contribution in [0, 0.1) is 5.92 Å². The lowest BCUT2D eigenvalue weighted by Gasteiger charge is -2.22. The summed E-state index contributed by atoms with van der Waals surface area (Å²) < 4.78 is 5.05. The first-order chi connectivity index (χ1) is 14.2. The van der Waals surface area contributed by atoms with Gasteiger partial charge in [0.25, 0.3) is 5.91 Å². The third-order valence-corrected chi connectivity index (χ3v) is 6.04. The average molecular weight is 402 g/mol. The van der Waals surface area contributed by atoms with E-state index >= 15 is 0 Å². The molecule has 160 valence electrons. The van der Waals surface area contributed by atoms with Gasteiger partial charge < -0.3 is 20.3 Å². The SMILES string of the molecule is COCCCNC(=O)c1cc(NC(=O)CCC2CCCC2)ccc1N1CCCC1. The largest absolute Gasteiger partial charge is 0.385 e. The minimum Gasteiger partial charge on any atom is -0.385 e. The second-order valence-electron chi connectivity index (χ2n) is 8.27. The Balaban J connectivity index is 1.64. The number of nitrogens with zero attached hydrogens (tertiary/aromatic N) is 1. The van der Waals surface area contributed by atoms with Crippen LogP contribution in [0.5, 0.6) is 0 Å². The summed E-state index contributed by atoms with van der Waals surface area (Å²) in [4.78, 5) is 27.5. The van der Waals surface area contributed by atoms with Crippen molar-refractivity contribution in [1.29, 1.82) is 0 Å². The van der Waals surface area contributed by atoms with E-state index < -0.39 is 0 Å². The Morgan fingerprint density at radius 1 is 1.14 bits per heavy atom. The Morgan fingerprint density at radius 2 is 1.90 bits per heavy atom. The van der Waals surface area contributed by atoms with Gasteiger partial charge >= 0.3 is 0 Å². The van der Waals surface area contributed by atoms with Crippen LogP contribution in [-0.4, -0.2) is 45.2 Å². The molecule has 0 spiro atoms. The summed E-state index contributed by atoms with van der Waals surface area (Å²) >= 11 is 0. The Labute approximate surface area is 174 Å². The lowest BCUT2D eigenvalue weighted by atomic mass is 10.0. The van der Waals surface area contributed by atoms with E-state index in [0.29, 0.717) is 36.7 Å². The summed E-state index contributed by atoms with van der Waals surface area (Å²) in [5.74, 6) is 0.647. The van der Waals surface area contributed by atoms with E-state index in [-0.39, 0.29) is 11.8 Å². The highest BCUT2D eigenvalue weighted by atomic mass is 16.5. The van der Waals surface area contributed by atoms with Gasteiger partial charge in [-0.15, -0.1) is 0 Å². The van der Waals surface area contributed by atoms with Crippen LogP contribution in [0.1, 0.15) is 68.1 Å². The first-order valence-corrected chi connectivity index (χ1v) is 11.1. The molecule has 2 N–H and O–H groups in total. The summed E-state index contributed by atoms with van der Waals surface area (Å²) in [6, 6.07) is 5.72. The number of carbonyl (C=O) groups excluding carboxylic acids is 2. The van der Waals surface area contributed by atoms with Gasteiger partial charge in [0.2, 0.25) is 5.91 Å². The van der Waals surface area contributed by atoms with Crippen molar-refractivity contribution in [2.24, 2.45) is 5.92 Å². The fraction of sp³-hybridized carbons (Fsp3) is 0.652. The molecule has 1 saturated heterocycles. The minimum absolute atomic E-state index is 0.0391. The summed E-state index contributed by atoms with van der Waals surface area (Å²) in [6.07, 6.45) is 9.69. The number of nitrogens with one attached hydrogen (secondary N) is 2. The molecule has 1 saturated carbocycles. The van der Waals surface area contributed by atoms with Crippen molar-refractivity contribution in [1.82, 2.24) is 5.32 Å². The van der Waals surface area contributed by atoms with E-state index in [2.05, 4.69) is 15.5 Å². The molecule has 0 radical (unpaired) electrons. The maximum atomic E-state index is 12.8. The zero-order valence-electron chi connectivity index (χ0n) is 17.7. The van der Waals surface area contributed by atoms with Gasteiger partial charge in [-0.25, -0.2) is 0 Å². The van der Waals surface area contributed by atoms with Crippen molar-refractivity contribution < 1.29 is 14.3 Å². The molecule has 2 fully saturated rings. The summed E-state index contributed by atoms with van der Waals surface area (Å²) in [5.41, 5.74) is 2.29. The lowest BCUT2D eigenvalue weighted by molar-refractivity contribution is -0.116. The molecule has 1 heterocycles. The predicted molar refractivity (Wildman–Crippen MR) is 117 cm³/mol. The first kappa shape index (κ1) is 21.6. The monoisotopic (exact) mass is 401 g/mol. The maximum absolute atomic E-state index is 12.8. The molecule has 1 aliphatic carbocycles. The van der Waals surface area contributed by atoms with Crippen molar-refractivity contribution in [3.63, 3.8) is 0 Å². The van der Waals surface area contributed by atoms with Crippen LogP contribution in [0.4, 0.5) is 11.4 Å². The third kappa shape index (κ3) is 6.46. The second-order valence-corrected chi connectivity index (χ2v) is 8.27. The molecule has 0 unspecified atom stereocenters. The van der Waals surface area contributed by atoms with Crippen LogP contribution >= 0.6 is 0 Å². The highest BCUT2D eigenvalue weighted by Crippen LogP contribution is 2.30. The van der Waals surface area contributed by atoms with Gasteiger partial charge in [0.15, 0.2) is 0 Å². The van der Waals surface area contributed by atoms with Crippen molar-refractivity contribution in [3.8, 4) is 0 Å². The van der Waals surface area contributed by atoms with Gasteiger partial charge in [0.1, 0.15) is 0 Å². The van der Waals surface area contributed by atoms with E-state index in [9.17, 15) is 9.59 Å². The molecule has 2 amide bonds. The number of methoxy groups -OCH3 is 1. The number of carbonyl (C=O) groups is 2. The summed E-state index contributed by atoms with van der Waals surface area (Å²) in [6.45, 7) is 3.13. The fourth-order valence-corrected chi connectivity index (χ4v) is 4.40. The molecule has 0 aromatic heterocycles. The maximum Gasteiger partial charge on any atom is 0.253 e. The van der Waals surface area contributed by atoms with Gasteiger partial charge in [-0.1, -0.05) is 25.7 Å². The van der Waals surface area contributed by atoms with E-state index in [1.165, 1.54) is 25.7 Å². The van der Waals surface area contributed by atoms with Crippen LogP contribution < -0.4 is 15.5 Å². The normalized spacial score (nSPS) is 16.9. The van der Waals surface area contributed by atoms with Crippen LogP contribution in [0.3, 0.4) is 0 Å². The minimum atomic E-state index is -0.0925.